The zero-order valence-electron chi connectivity index (χ0n) is 23.9. The molecule has 0 aromatic heterocycles. The van der Waals surface area contributed by atoms with E-state index in [0.717, 1.165) is 48.0 Å². The van der Waals surface area contributed by atoms with Gasteiger partial charge in [-0.05, 0) is 68.1 Å². The number of hydrogen-bond donors (Lipinski definition) is 1. The maximum Gasteiger partial charge on any atom is 0.264 e. The number of halogens is 2. The fraction of sp³-hybridized carbons (Fsp3) is 0.375. The summed E-state index contributed by atoms with van der Waals surface area (Å²) < 4.78 is 57.2. The van der Waals surface area contributed by atoms with E-state index < -0.39 is 40.2 Å². The van der Waals surface area contributed by atoms with Crippen molar-refractivity contribution in [3.8, 4) is 0 Å². The molecule has 1 aliphatic carbocycles. The molecule has 1 fully saturated rings. The third-order valence-corrected chi connectivity index (χ3v) is 9.39. The van der Waals surface area contributed by atoms with Gasteiger partial charge in [0.05, 0.1) is 10.6 Å². The van der Waals surface area contributed by atoms with Crippen LogP contribution in [-0.2, 0) is 26.2 Å². The molecule has 1 atom stereocenters. The number of sulfonamides is 1. The number of benzene rings is 3. The zero-order valence-corrected chi connectivity index (χ0v) is 24.7. The predicted octanol–water partition coefficient (Wildman–Crippen LogP) is 5.72. The lowest BCUT2D eigenvalue weighted by molar-refractivity contribution is -0.140. The molecule has 0 bridgehead atoms. The Morgan fingerprint density at radius 2 is 1.57 bits per heavy atom. The normalized spacial score (nSPS) is 14.7. The Morgan fingerprint density at radius 3 is 2.19 bits per heavy atom. The SMILES string of the molecule is CC[C@@H](C(=O)NC1CCCCC1)N(Cc1ccc(F)cc1)C(=O)CN(c1ccccc1F)S(=O)(=O)c1ccc(C)cc1. The van der Waals surface area contributed by atoms with E-state index in [2.05, 4.69) is 5.32 Å². The molecule has 1 aliphatic rings. The Labute approximate surface area is 246 Å². The average Bonchev–Trinajstić information content (AvgIpc) is 2.98. The first kappa shape index (κ1) is 31.2. The molecule has 0 saturated heterocycles. The summed E-state index contributed by atoms with van der Waals surface area (Å²) in [6.45, 7) is 2.77. The van der Waals surface area contributed by atoms with Crippen LogP contribution in [0, 0.1) is 18.6 Å². The first-order valence-corrected chi connectivity index (χ1v) is 15.7. The number of nitrogens with one attached hydrogen (secondary N) is 1. The van der Waals surface area contributed by atoms with Gasteiger partial charge in [0.1, 0.15) is 24.2 Å². The van der Waals surface area contributed by atoms with Gasteiger partial charge < -0.3 is 10.2 Å². The summed E-state index contributed by atoms with van der Waals surface area (Å²) in [5.74, 6) is -2.29. The van der Waals surface area contributed by atoms with Crippen molar-refractivity contribution >= 4 is 27.5 Å². The minimum absolute atomic E-state index is 0.0000913. The van der Waals surface area contributed by atoms with E-state index in [9.17, 15) is 22.4 Å². The third kappa shape index (κ3) is 7.53. The van der Waals surface area contributed by atoms with E-state index in [1.807, 2.05) is 6.92 Å². The van der Waals surface area contributed by atoms with Crippen LogP contribution in [-0.4, -0.2) is 43.8 Å². The minimum atomic E-state index is -4.38. The second kappa shape index (κ2) is 13.9. The second-order valence-electron chi connectivity index (χ2n) is 10.7. The molecular weight excluding hydrogens is 560 g/mol. The summed E-state index contributed by atoms with van der Waals surface area (Å²) in [5.41, 5.74) is 1.11. The van der Waals surface area contributed by atoms with Crippen LogP contribution in [0.4, 0.5) is 14.5 Å². The molecule has 42 heavy (non-hydrogen) atoms. The Kier molecular flexibility index (Phi) is 10.3. The molecule has 4 rings (SSSR count). The van der Waals surface area contributed by atoms with Crippen molar-refractivity contribution in [1.29, 1.82) is 0 Å². The van der Waals surface area contributed by atoms with Gasteiger partial charge >= 0.3 is 0 Å². The Morgan fingerprint density at radius 1 is 0.929 bits per heavy atom. The molecule has 0 radical (unpaired) electrons. The highest BCUT2D eigenvalue weighted by atomic mass is 32.2. The molecule has 0 unspecified atom stereocenters. The van der Waals surface area contributed by atoms with E-state index in [4.69, 9.17) is 0 Å². The number of amides is 2. The van der Waals surface area contributed by atoms with Crippen molar-refractivity contribution in [3.05, 3.63) is 95.6 Å². The summed E-state index contributed by atoms with van der Waals surface area (Å²) in [4.78, 5) is 28.8. The molecule has 0 heterocycles. The van der Waals surface area contributed by atoms with Gasteiger partial charge in [-0.25, -0.2) is 17.2 Å². The molecule has 0 aliphatic heterocycles. The largest absolute Gasteiger partial charge is 0.352 e. The van der Waals surface area contributed by atoms with Crippen molar-refractivity contribution in [2.24, 2.45) is 0 Å². The Hall–Kier alpha value is -3.79. The lowest BCUT2D eigenvalue weighted by Gasteiger charge is -2.34. The number of anilines is 1. The minimum Gasteiger partial charge on any atom is -0.352 e. The van der Waals surface area contributed by atoms with Crippen LogP contribution in [0.25, 0.3) is 0 Å². The maximum atomic E-state index is 15.1. The van der Waals surface area contributed by atoms with Crippen molar-refractivity contribution in [3.63, 3.8) is 0 Å². The third-order valence-electron chi connectivity index (χ3n) is 7.61. The molecule has 2 amide bonds. The highest BCUT2D eigenvalue weighted by molar-refractivity contribution is 7.92. The fourth-order valence-electron chi connectivity index (χ4n) is 5.26. The molecule has 10 heteroatoms. The number of aryl methyl sites for hydroxylation is 1. The molecule has 0 spiro atoms. The summed E-state index contributed by atoms with van der Waals surface area (Å²) in [6, 6.07) is 16.0. The maximum absolute atomic E-state index is 15.1. The van der Waals surface area contributed by atoms with E-state index >= 15 is 4.39 Å². The van der Waals surface area contributed by atoms with Crippen LogP contribution in [0.5, 0.6) is 0 Å². The van der Waals surface area contributed by atoms with Gasteiger partial charge in [-0.1, -0.05) is 68.1 Å². The highest BCUT2D eigenvalue weighted by Crippen LogP contribution is 2.27. The molecular formula is C32H37F2N3O4S. The number of para-hydroxylation sites is 1. The predicted molar refractivity (Wildman–Crippen MR) is 158 cm³/mol. The molecule has 3 aromatic rings. The smallest absolute Gasteiger partial charge is 0.264 e. The van der Waals surface area contributed by atoms with Gasteiger partial charge in [-0.3, -0.25) is 13.9 Å². The first-order chi connectivity index (χ1) is 20.1. The number of carbonyl (C=O) groups is 2. The zero-order chi connectivity index (χ0) is 30.3. The Balaban J connectivity index is 1.71. The lowest BCUT2D eigenvalue weighted by Crippen LogP contribution is -2.54. The van der Waals surface area contributed by atoms with Crippen molar-refractivity contribution < 1.29 is 26.8 Å². The number of hydrogen-bond acceptors (Lipinski definition) is 4. The van der Waals surface area contributed by atoms with Gasteiger partial charge in [0.2, 0.25) is 11.8 Å². The van der Waals surface area contributed by atoms with Crippen LogP contribution < -0.4 is 9.62 Å². The molecule has 224 valence electrons. The van der Waals surface area contributed by atoms with Gasteiger partial charge in [0.15, 0.2) is 0 Å². The summed E-state index contributed by atoms with van der Waals surface area (Å²) in [7, 11) is -4.38. The van der Waals surface area contributed by atoms with Crippen LogP contribution >= 0.6 is 0 Å². The molecule has 1 saturated carbocycles. The monoisotopic (exact) mass is 597 g/mol. The van der Waals surface area contributed by atoms with E-state index in [0.29, 0.717) is 5.56 Å². The van der Waals surface area contributed by atoms with Crippen molar-refractivity contribution in [1.82, 2.24) is 10.2 Å². The summed E-state index contributed by atoms with van der Waals surface area (Å²) in [5, 5.41) is 3.07. The highest BCUT2D eigenvalue weighted by Gasteiger charge is 2.35. The molecule has 7 nitrogen and oxygen atoms in total. The van der Waals surface area contributed by atoms with Crippen molar-refractivity contribution in [2.75, 3.05) is 10.8 Å². The first-order valence-electron chi connectivity index (χ1n) is 14.3. The van der Waals surface area contributed by atoms with Crippen molar-refractivity contribution in [2.45, 2.75) is 75.9 Å². The van der Waals surface area contributed by atoms with E-state index in [-0.39, 0.29) is 35.5 Å². The van der Waals surface area contributed by atoms with Crippen LogP contribution in [0.2, 0.25) is 0 Å². The summed E-state index contributed by atoms with van der Waals surface area (Å²) >= 11 is 0. The molecule has 3 aromatic carbocycles. The number of rotatable bonds is 11. The van der Waals surface area contributed by atoms with E-state index in [1.54, 1.807) is 19.1 Å². The van der Waals surface area contributed by atoms with Gasteiger partial charge in [0, 0.05) is 12.6 Å². The van der Waals surface area contributed by atoms with Gasteiger partial charge in [-0.15, -0.1) is 0 Å². The lowest BCUT2D eigenvalue weighted by atomic mass is 9.95. The van der Waals surface area contributed by atoms with Gasteiger partial charge in [0.25, 0.3) is 10.0 Å². The second-order valence-corrected chi connectivity index (χ2v) is 12.6. The van der Waals surface area contributed by atoms with Gasteiger partial charge in [-0.2, -0.15) is 0 Å². The van der Waals surface area contributed by atoms with Crippen LogP contribution in [0.1, 0.15) is 56.6 Å². The standard InChI is InChI=1S/C32H37F2N3O4S/c1-3-29(32(39)35-26-9-5-4-6-10-26)36(21-24-15-17-25(33)18-16-24)31(38)22-37(30-12-8-7-11-28(30)34)42(40,41)27-19-13-23(2)14-20-27/h7-8,11-20,26,29H,3-6,9-10,21-22H2,1-2H3,(H,35,39)/t29-/m0/s1. The topological polar surface area (TPSA) is 86.8 Å². The van der Waals surface area contributed by atoms with Crippen LogP contribution in [0.3, 0.4) is 0 Å². The number of carbonyl (C=O) groups excluding carboxylic acids is 2. The number of nitrogens with zero attached hydrogens (tertiary/aromatic N) is 2. The molecule has 1 N–H and O–H groups in total. The van der Waals surface area contributed by atoms with Crippen LogP contribution in [0.15, 0.2) is 77.7 Å². The average molecular weight is 598 g/mol. The quantitative estimate of drug-likeness (QED) is 0.306. The van der Waals surface area contributed by atoms with E-state index in [1.165, 1.54) is 59.5 Å². The fourth-order valence-corrected chi connectivity index (χ4v) is 6.68. The summed E-state index contributed by atoms with van der Waals surface area (Å²) in [6.07, 6.45) is 5.09. The Bertz CT molecular complexity index is 1470.